The van der Waals surface area contributed by atoms with Gasteiger partial charge in [0.15, 0.2) is 0 Å². The van der Waals surface area contributed by atoms with Crippen LogP contribution in [0.3, 0.4) is 0 Å². The zero-order chi connectivity index (χ0) is 27.2. The minimum Gasteiger partial charge on any atom is -0.444 e. The van der Waals surface area contributed by atoms with Crippen LogP contribution in [0.1, 0.15) is 54.4 Å². The smallest absolute Gasteiger partial charge is 0.410 e. The fraction of sp³-hybridized carbons (Fsp3) is 0.593. The number of alkyl carbamates (subject to hydrolysis) is 1. The molecule has 9 nitrogen and oxygen atoms in total. The number of fused-ring (bicyclic) bond motifs is 1. The van der Waals surface area contributed by atoms with Crippen LogP contribution >= 0.6 is 11.6 Å². The molecule has 1 aromatic heterocycles. The van der Waals surface area contributed by atoms with Crippen molar-refractivity contribution in [3.8, 4) is 0 Å². The van der Waals surface area contributed by atoms with Crippen molar-refractivity contribution in [1.82, 2.24) is 15.2 Å². The van der Waals surface area contributed by atoms with Gasteiger partial charge in [-0.1, -0.05) is 11.6 Å². The number of carbonyl (C=O) groups is 2. The number of nitrogens with zero attached hydrogens (tertiary/aromatic N) is 3. The average Bonchev–Trinajstić information content (AvgIpc) is 2.78. The Morgan fingerprint density at radius 3 is 2.24 bits per heavy atom. The van der Waals surface area contributed by atoms with Gasteiger partial charge in [-0.25, -0.2) is 14.6 Å². The van der Waals surface area contributed by atoms with Crippen LogP contribution in [-0.2, 0) is 9.47 Å². The maximum Gasteiger partial charge on any atom is 0.410 e. The lowest BCUT2D eigenvalue weighted by atomic mass is 10.2. The summed E-state index contributed by atoms with van der Waals surface area (Å²) in [5.74, 6) is 0.733. The number of ether oxygens (including phenoxy) is 2. The summed E-state index contributed by atoms with van der Waals surface area (Å²) < 4.78 is 10.7. The minimum absolute atomic E-state index is 0.288. The summed E-state index contributed by atoms with van der Waals surface area (Å²) in [5.41, 5.74) is 0.853. The highest BCUT2D eigenvalue weighted by atomic mass is 35.5. The molecule has 204 valence electrons. The highest BCUT2D eigenvalue weighted by Gasteiger charge is 2.27. The van der Waals surface area contributed by atoms with E-state index in [2.05, 4.69) is 15.5 Å². The average molecular weight is 534 g/mol. The van der Waals surface area contributed by atoms with Crippen molar-refractivity contribution >= 4 is 46.2 Å². The van der Waals surface area contributed by atoms with Crippen LogP contribution in [0.5, 0.6) is 0 Å². The SMILES string of the molecule is CC(C)(C)OC(=O)NCCCCNc1ccc2nc(N3CCN(C(=O)OC(C)(C)C)CC3)c(Cl)cc2c1. The second-order valence-corrected chi connectivity index (χ2v) is 11.6. The van der Waals surface area contributed by atoms with Gasteiger partial charge in [0.05, 0.1) is 10.5 Å². The van der Waals surface area contributed by atoms with E-state index in [4.69, 9.17) is 26.1 Å². The number of amides is 2. The third-order valence-corrected chi connectivity index (χ3v) is 5.86. The molecule has 1 aliphatic rings. The van der Waals surface area contributed by atoms with Gasteiger partial charge in [0, 0.05) is 50.3 Å². The first kappa shape index (κ1) is 28.6. The lowest BCUT2D eigenvalue weighted by Gasteiger charge is -2.36. The molecule has 2 amide bonds. The fourth-order valence-corrected chi connectivity index (χ4v) is 4.17. The Morgan fingerprint density at radius 1 is 0.946 bits per heavy atom. The molecule has 1 aliphatic heterocycles. The van der Waals surface area contributed by atoms with E-state index in [9.17, 15) is 9.59 Å². The summed E-state index contributed by atoms with van der Waals surface area (Å²) in [6.45, 7) is 14.9. The Kier molecular flexibility index (Phi) is 9.34. The van der Waals surface area contributed by atoms with E-state index in [1.165, 1.54) is 0 Å². The Morgan fingerprint density at radius 2 is 1.59 bits per heavy atom. The van der Waals surface area contributed by atoms with Crippen molar-refractivity contribution in [2.24, 2.45) is 0 Å². The molecule has 10 heteroatoms. The number of rotatable bonds is 7. The van der Waals surface area contributed by atoms with Crippen LogP contribution in [0.2, 0.25) is 5.02 Å². The van der Waals surface area contributed by atoms with E-state index in [0.29, 0.717) is 37.7 Å². The van der Waals surface area contributed by atoms with Crippen molar-refractivity contribution in [2.45, 2.75) is 65.6 Å². The molecular formula is C27H40ClN5O4. The second-order valence-electron chi connectivity index (χ2n) is 11.2. The van der Waals surface area contributed by atoms with E-state index in [1.54, 1.807) is 4.90 Å². The van der Waals surface area contributed by atoms with Crippen molar-refractivity contribution in [1.29, 1.82) is 0 Å². The first-order valence-electron chi connectivity index (χ1n) is 12.8. The van der Waals surface area contributed by atoms with E-state index in [1.807, 2.05) is 65.8 Å². The molecule has 0 radical (unpaired) electrons. The molecule has 1 aromatic carbocycles. The van der Waals surface area contributed by atoms with Gasteiger partial charge < -0.3 is 29.9 Å². The fourth-order valence-electron chi connectivity index (χ4n) is 3.89. The Balaban J connectivity index is 1.49. The lowest BCUT2D eigenvalue weighted by molar-refractivity contribution is 0.0240. The number of piperazine rings is 1. The Labute approximate surface area is 224 Å². The van der Waals surface area contributed by atoms with Crippen LogP contribution in [0, 0.1) is 0 Å². The topological polar surface area (TPSA) is 96.0 Å². The number of nitrogens with one attached hydrogen (secondary N) is 2. The first-order chi connectivity index (χ1) is 17.3. The van der Waals surface area contributed by atoms with Gasteiger partial charge in [-0.2, -0.15) is 0 Å². The summed E-state index contributed by atoms with van der Waals surface area (Å²) >= 11 is 6.63. The predicted octanol–water partition coefficient (Wildman–Crippen LogP) is 5.66. The molecule has 0 saturated carbocycles. The maximum atomic E-state index is 12.3. The highest BCUT2D eigenvalue weighted by Crippen LogP contribution is 2.30. The zero-order valence-corrected chi connectivity index (χ0v) is 23.6. The Bertz CT molecular complexity index is 1090. The number of halogens is 1. The number of hydrogen-bond acceptors (Lipinski definition) is 7. The number of anilines is 2. The predicted molar refractivity (Wildman–Crippen MR) is 149 cm³/mol. The highest BCUT2D eigenvalue weighted by molar-refractivity contribution is 6.33. The van der Waals surface area contributed by atoms with Gasteiger partial charge in [0.2, 0.25) is 0 Å². The van der Waals surface area contributed by atoms with Gasteiger partial charge in [0.25, 0.3) is 0 Å². The van der Waals surface area contributed by atoms with Gasteiger partial charge in [-0.05, 0) is 78.6 Å². The van der Waals surface area contributed by atoms with Crippen LogP contribution in [0.4, 0.5) is 21.1 Å². The molecule has 2 heterocycles. The third kappa shape index (κ3) is 9.14. The van der Waals surface area contributed by atoms with Crippen LogP contribution in [0.25, 0.3) is 10.9 Å². The van der Waals surface area contributed by atoms with Gasteiger partial charge in [-0.15, -0.1) is 0 Å². The summed E-state index contributed by atoms with van der Waals surface area (Å²) in [5, 5.41) is 7.74. The van der Waals surface area contributed by atoms with Crippen LogP contribution in [-0.4, -0.2) is 72.5 Å². The molecule has 1 saturated heterocycles. The molecule has 0 aliphatic carbocycles. The van der Waals surface area contributed by atoms with Gasteiger partial charge in [-0.3, -0.25) is 0 Å². The van der Waals surface area contributed by atoms with E-state index < -0.39 is 11.2 Å². The number of benzene rings is 1. The molecule has 2 N–H and O–H groups in total. The van der Waals surface area contributed by atoms with Crippen LogP contribution in [0.15, 0.2) is 24.3 Å². The quantitative estimate of drug-likeness (QED) is 0.443. The molecule has 0 spiro atoms. The number of aromatic nitrogens is 1. The largest absolute Gasteiger partial charge is 0.444 e. The van der Waals surface area contributed by atoms with Gasteiger partial charge in [0.1, 0.15) is 17.0 Å². The molecule has 3 rings (SSSR count). The monoisotopic (exact) mass is 533 g/mol. The molecule has 37 heavy (non-hydrogen) atoms. The first-order valence-corrected chi connectivity index (χ1v) is 13.2. The summed E-state index contributed by atoms with van der Waals surface area (Å²) in [7, 11) is 0. The summed E-state index contributed by atoms with van der Waals surface area (Å²) in [4.78, 5) is 32.7. The Hall–Kier alpha value is -2.94. The normalized spacial score (nSPS) is 14.5. The minimum atomic E-state index is -0.510. The summed E-state index contributed by atoms with van der Waals surface area (Å²) in [6.07, 6.45) is 1.08. The number of carbonyl (C=O) groups excluding carboxylic acids is 2. The molecule has 0 bridgehead atoms. The third-order valence-electron chi connectivity index (χ3n) is 5.58. The zero-order valence-electron chi connectivity index (χ0n) is 22.8. The number of hydrogen-bond donors (Lipinski definition) is 2. The van der Waals surface area contributed by atoms with Crippen molar-refractivity contribution < 1.29 is 19.1 Å². The number of unbranched alkanes of at least 4 members (excludes halogenated alkanes) is 1. The van der Waals surface area contributed by atoms with Crippen molar-refractivity contribution in [2.75, 3.05) is 49.5 Å². The van der Waals surface area contributed by atoms with Gasteiger partial charge >= 0.3 is 12.2 Å². The second kappa shape index (κ2) is 12.1. The lowest BCUT2D eigenvalue weighted by Crippen LogP contribution is -2.50. The van der Waals surface area contributed by atoms with E-state index >= 15 is 0 Å². The molecular weight excluding hydrogens is 494 g/mol. The van der Waals surface area contributed by atoms with E-state index in [-0.39, 0.29) is 12.2 Å². The van der Waals surface area contributed by atoms with Crippen molar-refractivity contribution in [3.05, 3.63) is 29.3 Å². The standard InChI is InChI=1S/C27H40ClN5O4/c1-26(2,3)36-24(34)30-12-8-7-11-29-20-9-10-22-19(17-20)18-21(28)23(31-22)32-13-15-33(16-14-32)25(35)37-27(4,5)6/h9-10,17-18,29H,7-8,11-16H2,1-6H3,(H,30,34). The maximum absolute atomic E-state index is 12.3. The molecule has 0 atom stereocenters. The molecule has 2 aromatic rings. The molecule has 1 fully saturated rings. The summed E-state index contributed by atoms with van der Waals surface area (Å²) in [6, 6.07) is 7.97. The van der Waals surface area contributed by atoms with E-state index in [0.717, 1.165) is 41.8 Å². The van der Waals surface area contributed by atoms with Crippen molar-refractivity contribution in [3.63, 3.8) is 0 Å². The van der Waals surface area contributed by atoms with Crippen LogP contribution < -0.4 is 15.5 Å². The number of pyridine rings is 1. The molecule has 0 unspecified atom stereocenters.